The van der Waals surface area contributed by atoms with E-state index in [4.69, 9.17) is 0 Å². The summed E-state index contributed by atoms with van der Waals surface area (Å²) in [5.41, 5.74) is 1.02. The first kappa shape index (κ1) is 15.0. The summed E-state index contributed by atoms with van der Waals surface area (Å²) in [7, 11) is 0. The molecule has 0 saturated heterocycles. The molecule has 10 nitrogen and oxygen atoms in total. The Morgan fingerprint density at radius 1 is 1.08 bits per heavy atom. The van der Waals surface area contributed by atoms with E-state index in [2.05, 4.69) is 36.4 Å². The summed E-state index contributed by atoms with van der Waals surface area (Å²) in [5, 5.41) is 25.9. The van der Waals surface area contributed by atoms with Crippen molar-refractivity contribution >= 4 is 22.9 Å². The highest BCUT2D eigenvalue weighted by Gasteiger charge is 2.17. The summed E-state index contributed by atoms with van der Waals surface area (Å²) in [5.74, 6) is -1.06. The minimum Gasteiger partial charge on any atom is -0.319 e. The van der Waals surface area contributed by atoms with Gasteiger partial charge in [-0.2, -0.15) is 4.68 Å². The predicted molar refractivity (Wildman–Crippen MR) is 84.1 cm³/mol. The molecule has 0 unspecified atom stereocenters. The Bertz CT molecular complexity index is 1010. The fourth-order valence-corrected chi connectivity index (χ4v) is 2.91. The molecule has 1 aromatic carbocycles. The zero-order valence-electron chi connectivity index (χ0n) is 12.3. The van der Waals surface area contributed by atoms with Crippen molar-refractivity contribution in [3.63, 3.8) is 0 Å². The second-order valence-corrected chi connectivity index (χ2v) is 5.68. The van der Waals surface area contributed by atoms with Crippen LogP contribution in [0, 0.1) is 5.82 Å². The average Bonchev–Trinajstić information content (AvgIpc) is 3.37. The van der Waals surface area contributed by atoms with Gasteiger partial charge in [-0.25, -0.2) is 9.07 Å². The maximum Gasteiger partial charge on any atom is 0.268 e. The van der Waals surface area contributed by atoms with Crippen LogP contribution < -0.4 is 5.32 Å². The van der Waals surface area contributed by atoms with E-state index in [1.54, 1.807) is 11.4 Å². The van der Waals surface area contributed by atoms with Crippen molar-refractivity contribution in [1.82, 2.24) is 40.4 Å². The number of thiophene rings is 1. The van der Waals surface area contributed by atoms with Gasteiger partial charge in [0.25, 0.3) is 5.91 Å². The highest BCUT2D eigenvalue weighted by atomic mass is 32.1. The second kappa shape index (κ2) is 6.16. The van der Waals surface area contributed by atoms with E-state index in [1.807, 2.05) is 0 Å². The molecule has 0 aliphatic heterocycles. The molecule has 0 bridgehead atoms. The standard InChI is InChI=1S/C13H8FN9OS/c14-9-2-1-8(22-6-15-18-20-22)5-10(9)17-13(24)12-11(3-4-25-12)23-7-16-19-21-23/h1-7H,(H,17,24). The van der Waals surface area contributed by atoms with E-state index in [0.29, 0.717) is 16.3 Å². The Balaban J connectivity index is 1.64. The van der Waals surface area contributed by atoms with Gasteiger partial charge in [0, 0.05) is 0 Å². The Morgan fingerprint density at radius 3 is 2.56 bits per heavy atom. The first-order chi connectivity index (χ1) is 12.2. The summed E-state index contributed by atoms with van der Waals surface area (Å²) in [4.78, 5) is 12.9. The highest BCUT2D eigenvalue weighted by molar-refractivity contribution is 7.12. The molecule has 0 spiro atoms. The second-order valence-electron chi connectivity index (χ2n) is 4.76. The van der Waals surface area contributed by atoms with Gasteiger partial charge in [-0.3, -0.25) is 4.79 Å². The van der Waals surface area contributed by atoms with Crippen LogP contribution in [0.15, 0.2) is 42.3 Å². The van der Waals surface area contributed by atoms with Gasteiger partial charge in [-0.05, 0) is 50.5 Å². The van der Waals surface area contributed by atoms with Crippen LogP contribution in [0.1, 0.15) is 9.67 Å². The molecule has 4 rings (SSSR count). The molecule has 124 valence electrons. The molecular weight excluding hydrogens is 349 g/mol. The van der Waals surface area contributed by atoms with Crippen molar-refractivity contribution in [3.8, 4) is 11.4 Å². The summed E-state index contributed by atoms with van der Waals surface area (Å²) < 4.78 is 16.8. The minimum absolute atomic E-state index is 0.00839. The summed E-state index contributed by atoms with van der Waals surface area (Å²) in [6.07, 6.45) is 2.74. The van der Waals surface area contributed by atoms with Crippen LogP contribution in [0.3, 0.4) is 0 Å². The summed E-state index contributed by atoms with van der Waals surface area (Å²) in [6.45, 7) is 0. The van der Waals surface area contributed by atoms with Crippen LogP contribution in [-0.2, 0) is 0 Å². The minimum atomic E-state index is -0.578. The number of hydrogen-bond acceptors (Lipinski definition) is 8. The van der Waals surface area contributed by atoms with Crippen molar-refractivity contribution in [2.45, 2.75) is 0 Å². The number of tetrazole rings is 2. The molecule has 0 fully saturated rings. The Labute approximate surface area is 142 Å². The molecule has 3 heterocycles. The fourth-order valence-electron chi connectivity index (χ4n) is 2.13. The number of nitrogens with one attached hydrogen (secondary N) is 1. The van der Waals surface area contributed by atoms with Gasteiger partial charge >= 0.3 is 0 Å². The largest absolute Gasteiger partial charge is 0.319 e. The van der Waals surface area contributed by atoms with E-state index < -0.39 is 11.7 Å². The quantitative estimate of drug-likeness (QED) is 0.581. The van der Waals surface area contributed by atoms with Crippen molar-refractivity contribution in [2.24, 2.45) is 0 Å². The van der Waals surface area contributed by atoms with E-state index in [9.17, 15) is 9.18 Å². The van der Waals surface area contributed by atoms with Crippen LogP contribution in [-0.4, -0.2) is 46.3 Å². The zero-order chi connectivity index (χ0) is 17.2. The number of aromatic nitrogens is 8. The molecule has 0 aliphatic rings. The first-order valence-corrected chi connectivity index (χ1v) is 7.75. The zero-order valence-corrected chi connectivity index (χ0v) is 13.1. The number of halogens is 1. The number of anilines is 1. The lowest BCUT2D eigenvalue weighted by Crippen LogP contribution is -2.14. The van der Waals surface area contributed by atoms with Gasteiger partial charge in [0.15, 0.2) is 0 Å². The predicted octanol–water partition coefficient (Wildman–Crippen LogP) is 1.09. The smallest absolute Gasteiger partial charge is 0.268 e. The molecule has 12 heteroatoms. The molecule has 25 heavy (non-hydrogen) atoms. The van der Waals surface area contributed by atoms with Gasteiger partial charge in [-0.15, -0.1) is 21.5 Å². The van der Waals surface area contributed by atoms with E-state index in [-0.39, 0.29) is 5.69 Å². The maximum atomic E-state index is 14.1. The van der Waals surface area contributed by atoms with E-state index in [1.165, 1.54) is 51.6 Å². The van der Waals surface area contributed by atoms with Crippen LogP contribution in [0.2, 0.25) is 0 Å². The number of nitrogens with zero attached hydrogens (tertiary/aromatic N) is 8. The third-order valence-electron chi connectivity index (χ3n) is 3.26. The van der Waals surface area contributed by atoms with Crippen molar-refractivity contribution in [3.05, 3.63) is 53.0 Å². The van der Waals surface area contributed by atoms with E-state index in [0.717, 1.165) is 0 Å². The Morgan fingerprint density at radius 2 is 1.84 bits per heavy atom. The third kappa shape index (κ3) is 2.85. The number of rotatable bonds is 4. The summed E-state index contributed by atoms with van der Waals surface area (Å²) in [6, 6.07) is 5.86. The van der Waals surface area contributed by atoms with Crippen LogP contribution in [0.5, 0.6) is 0 Å². The van der Waals surface area contributed by atoms with Crippen molar-refractivity contribution < 1.29 is 9.18 Å². The maximum absolute atomic E-state index is 14.1. The topological polar surface area (TPSA) is 116 Å². The lowest BCUT2D eigenvalue weighted by atomic mass is 10.2. The van der Waals surface area contributed by atoms with Gasteiger partial charge in [0.1, 0.15) is 23.3 Å². The Kier molecular flexibility index (Phi) is 3.70. The number of hydrogen-bond donors (Lipinski definition) is 1. The van der Waals surface area contributed by atoms with Gasteiger partial charge < -0.3 is 5.32 Å². The molecule has 4 aromatic rings. The van der Waals surface area contributed by atoms with Gasteiger partial charge in [-0.1, -0.05) is 0 Å². The molecule has 3 aromatic heterocycles. The normalized spacial score (nSPS) is 10.8. The molecule has 0 atom stereocenters. The number of carbonyl (C=O) groups excluding carboxylic acids is 1. The number of benzene rings is 1. The van der Waals surface area contributed by atoms with Gasteiger partial charge in [0.05, 0.1) is 17.1 Å². The van der Waals surface area contributed by atoms with Crippen molar-refractivity contribution in [2.75, 3.05) is 5.32 Å². The monoisotopic (exact) mass is 357 g/mol. The molecule has 0 aliphatic carbocycles. The van der Waals surface area contributed by atoms with Crippen LogP contribution in [0.4, 0.5) is 10.1 Å². The van der Waals surface area contributed by atoms with Gasteiger partial charge in [0.2, 0.25) is 0 Å². The SMILES string of the molecule is O=C(Nc1cc(-n2cnnn2)ccc1F)c1sccc1-n1cnnn1. The molecule has 1 amide bonds. The van der Waals surface area contributed by atoms with Crippen LogP contribution in [0.25, 0.3) is 11.4 Å². The fraction of sp³-hybridized carbons (Fsp3) is 0. The Hall–Kier alpha value is -3.54. The average molecular weight is 357 g/mol. The molecule has 1 N–H and O–H groups in total. The third-order valence-corrected chi connectivity index (χ3v) is 4.16. The van der Waals surface area contributed by atoms with E-state index >= 15 is 0 Å². The molecule has 0 radical (unpaired) electrons. The highest BCUT2D eigenvalue weighted by Crippen LogP contribution is 2.24. The lowest BCUT2D eigenvalue weighted by Gasteiger charge is -2.08. The number of carbonyl (C=O) groups is 1. The molecular formula is C13H8FN9OS. The number of amides is 1. The summed E-state index contributed by atoms with van der Waals surface area (Å²) >= 11 is 1.19. The lowest BCUT2D eigenvalue weighted by molar-refractivity contribution is 0.103. The van der Waals surface area contributed by atoms with Crippen LogP contribution >= 0.6 is 11.3 Å². The molecule has 0 saturated carbocycles. The first-order valence-electron chi connectivity index (χ1n) is 6.87. The van der Waals surface area contributed by atoms with Crippen molar-refractivity contribution in [1.29, 1.82) is 0 Å².